The number of rotatable bonds is 9. The Hall–Kier alpha value is -2.40. The van der Waals surface area contributed by atoms with Gasteiger partial charge in [0, 0.05) is 12.0 Å². The summed E-state index contributed by atoms with van der Waals surface area (Å²) < 4.78 is 18.2. The molecule has 0 saturated carbocycles. The molecule has 0 radical (unpaired) electrons. The van der Waals surface area contributed by atoms with Crippen LogP contribution in [-0.2, 0) is 11.2 Å². The molecule has 0 saturated heterocycles. The van der Waals surface area contributed by atoms with Crippen LogP contribution in [-0.4, -0.2) is 30.8 Å². The minimum Gasteiger partial charge on any atom is -0.493 e. The minimum absolute atomic E-state index is 0.0196. The quantitative estimate of drug-likeness (QED) is 0.735. The van der Waals surface area contributed by atoms with Crippen molar-refractivity contribution in [2.45, 2.75) is 19.8 Å². The van der Waals surface area contributed by atoms with E-state index >= 15 is 0 Å². The van der Waals surface area contributed by atoms with Gasteiger partial charge in [0.25, 0.3) is 0 Å². The molecule has 2 rings (SSSR count). The number of halogens is 1. The summed E-state index contributed by atoms with van der Waals surface area (Å²) in [6.45, 7) is 2.52. The molecule has 0 fully saturated rings. The lowest BCUT2D eigenvalue weighted by Gasteiger charge is -2.27. The molecule has 0 heterocycles. The van der Waals surface area contributed by atoms with E-state index in [1.54, 1.807) is 0 Å². The van der Waals surface area contributed by atoms with Crippen LogP contribution in [0.4, 0.5) is 4.39 Å². The molecule has 0 aromatic heterocycles. The highest BCUT2D eigenvalue weighted by Crippen LogP contribution is 2.21. The third-order valence-electron chi connectivity index (χ3n) is 3.98. The molecule has 0 bridgehead atoms. The van der Waals surface area contributed by atoms with E-state index in [9.17, 15) is 14.3 Å². The molecule has 0 aliphatic rings. The third kappa shape index (κ3) is 6.55. The Morgan fingerprint density at radius 2 is 1.84 bits per heavy atom. The second-order valence-electron chi connectivity index (χ2n) is 6.46. The first-order valence-corrected chi connectivity index (χ1v) is 8.31. The molecule has 134 valence electrons. The molecular formula is C20H24FNO3. The Balaban J connectivity index is 1.74. The van der Waals surface area contributed by atoms with Gasteiger partial charge in [-0.2, -0.15) is 0 Å². The molecule has 0 spiro atoms. The summed E-state index contributed by atoms with van der Waals surface area (Å²) in [7, 11) is 0. The molecule has 0 aliphatic heterocycles. The second-order valence-corrected chi connectivity index (χ2v) is 6.46. The van der Waals surface area contributed by atoms with Gasteiger partial charge in [-0.25, -0.2) is 4.39 Å². The normalized spacial score (nSPS) is 13.1. The number of nitrogens with one attached hydrogen (secondary N) is 1. The van der Waals surface area contributed by atoms with Crippen molar-refractivity contribution in [1.29, 1.82) is 0 Å². The van der Waals surface area contributed by atoms with E-state index in [-0.39, 0.29) is 31.4 Å². The lowest BCUT2D eigenvalue weighted by atomic mass is 9.84. The first-order chi connectivity index (χ1) is 12.0. The first kappa shape index (κ1) is 18.9. The van der Waals surface area contributed by atoms with Crippen molar-refractivity contribution >= 4 is 5.91 Å². The van der Waals surface area contributed by atoms with Gasteiger partial charge in [-0.1, -0.05) is 37.3 Å². The second kappa shape index (κ2) is 9.18. The summed E-state index contributed by atoms with van der Waals surface area (Å²) in [5.74, 6) is 0.0557. The summed E-state index contributed by atoms with van der Waals surface area (Å²) in [5.41, 5.74) is 0.697. The van der Waals surface area contributed by atoms with Gasteiger partial charge in [0.2, 0.25) is 5.91 Å². The Morgan fingerprint density at radius 3 is 2.48 bits per heavy atom. The van der Waals surface area contributed by atoms with Crippen LogP contribution in [0, 0.1) is 11.2 Å². The van der Waals surface area contributed by atoms with Crippen LogP contribution in [0.25, 0.3) is 0 Å². The van der Waals surface area contributed by atoms with Crippen LogP contribution in [0.3, 0.4) is 0 Å². The average molecular weight is 345 g/mol. The van der Waals surface area contributed by atoms with Crippen LogP contribution in [0.2, 0.25) is 0 Å². The third-order valence-corrected chi connectivity index (χ3v) is 3.98. The molecule has 2 N–H and O–H groups in total. The Bertz CT molecular complexity index is 660. The number of hydrogen-bond donors (Lipinski definition) is 2. The van der Waals surface area contributed by atoms with Crippen molar-refractivity contribution < 1.29 is 19.0 Å². The fourth-order valence-electron chi connectivity index (χ4n) is 2.46. The number of benzene rings is 2. The summed E-state index contributed by atoms with van der Waals surface area (Å²) in [4.78, 5) is 12.0. The summed E-state index contributed by atoms with van der Waals surface area (Å²) in [5, 5.41) is 12.6. The van der Waals surface area contributed by atoms with E-state index in [0.717, 1.165) is 5.56 Å². The number of carbonyl (C=O) groups excluding carboxylic acids is 1. The van der Waals surface area contributed by atoms with E-state index in [4.69, 9.17) is 4.74 Å². The number of hydrogen-bond acceptors (Lipinski definition) is 3. The number of carbonyl (C=O) groups is 1. The summed E-state index contributed by atoms with van der Waals surface area (Å²) in [6.07, 6.45) is 0.876. The highest BCUT2D eigenvalue weighted by molar-refractivity contribution is 5.76. The Kier molecular flexibility index (Phi) is 6.95. The van der Waals surface area contributed by atoms with Gasteiger partial charge in [0.15, 0.2) is 0 Å². The van der Waals surface area contributed by atoms with Crippen molar-refractivity contribution in [2.24, 2.45) is 5.41 Å². The van der Waals surface area contributed by atoms with E-state index in [0.29, 0.717) is 18.7 Å². The predicted octanol–water partition coefficient (Wildman–Crippen LogP) is 2.95. The van der Waals surface area contributed by atoms with Crippen LogP contribution >= 0.6 is 0 Å². The number of amides is 1. The smallest absolute Gasteiger partial charge is 0.223 e. The van der Waals surface area contributed by atoms with Gasteiger partial charge in [0.05, 0.1) is 19.6 Å². The zero-order chi connectivity index (χ0) is 18.1. The topological polar surface area (TPSA) is 58.6 Å². The van der Waals surface area contributed by atoms with Crippen molar-refractivity contribution in [1.82, 2.24) is 5.32 Å². The van der Waals surface area contributed by atoms with Crippen LogP contribution < -0.4 is 10.1 Å². The minimum atomic E-state index is -0.422. The van der Waals surface area contributed by atoms with Crippen LogP contribution in [0.1, 0.15) is 18.9 Å². The molecule has 2 aromatic carbocycles. The van der Waals surface area contributed by atoms with Crippen molar-refractivity contribution in [3.63, 3.8) is 0 Å². The van der Waals surface area contributed by atoms with Crippen molar-refractivity contribution in [3.05, 3.63) is 66.0 Å². The molecule has 1 atom stereocenters. The maximum atomic E-state index is 12.8. The molecule has 0 unspecified atom stereocenters. The van der Waals surface area contributed by atoms with E-state index < -0.39 is 5.41 Å². The molecular weight excluding hydrogens is 321 g/mol. The number of aliphatic hydroxyl groups is 1. The van der Waals surface area contributed by atoms with Gasteiger partial charge in [-0.15, -0.1) is 0 Å². The zero-order valence-corrected chi connectivity index (χ0v) is 14.4. The van der Waals surface area contributed by atoms with Gasteiger partial charge in [0.1, 0.15) is 11.6 Å². The maximum absolute atomic E-state index is 12.8. The van der Waals surface area contributed by atoms with Gasteiger partial charge < -0.3 is 15.2 Å². The molecule has 25 heavy (non-hydrogen) atoms. The first-order valence-electron chi connectivity index (χ1n) is 8.31. The van der Waals surface area contributed by atoms with E-state index in [1.165, 1.54) is 24.3 Å². The predicted molar refractivity (Wildman–Crippen MR) is 94.9 cm³/mol. The Labute approximate surface area is 147 Å². The molecule has 0 aliphatic carbocycles. The van der Waals surface area contributed by atoms with Gasteiger partial charge in [-0.3, -0.25) is 4.79 Å². The summed E-state index contributed by atoms with van der Waals surface area (Å²) >= 11 is 0. The monoisotopic (exact) mass is 345 g/mol. The molecule has 4 nitrogen and oxygen atoms in total. The summed E-state index contributed by atoms with van der Waals surface area (Å²) in [6, 6.07) is 15.5. The SMILES string of the molecule is C[C@@](CO)(CNC(=O)CCOc1ccc(F)cc1)Cc1ccccc1. The highest BCUT2D eigenvalue weighted by atomic mass is 19.1. The largest absolute Gasteiger partial charge is 0.493 e. The van der Waals surface area contributed by atoms with Gasteiger partial charge >= 0.3 is 0 Å². The standard InChI is InChI=1S/C20H24FNO3/c1-20(15-23,13-16-5-3-2-4-6-16)14-22-19(24)11-12-25-18-9-7-17(21)8-10-18/h2-10,23H,11-15H2,1H3,(H,22,24)/t20-/m0/s1. The molecule has 5 heteroatoms. The van der Waals surface area contributed by atoms with Crippen molar-refractivity contribution in [2.75, 3.05) is 19.8 Å². The zero-order valence-electron chi connectivity index (χ0n) is 14.4. The van der Waals surface area contributed by atoms with Crippen LogP contribution in [0.5, 0.6) is 5.75 Å². The molecule has 2 aromatic rings. The Morgan fingerprint density at radius 1 is 1.16 bits per heavy atom. The van der Waals surface area contributed by atoms with Gasteiger partial charge in [-0.05, 0) is 36.2 Å². The average Bonchev–Trinajstić information content (AvgIpc) is 2.63. The maximum Gasteiger partial charge on any atom is 0.223 e. The van der Waals surface area contributed by atoms with Crippen molar-refractivity contribution in [3.8, 4) is 5.75 Å². The lowest BCUT2D eigenvalue weighted by molar-refractivity contribution is -0.122. The fraction of sp³-hybridized carbons (Fsp3) is 0.350. The highest BCUT2D eigenvalue weighted by Gasteiger charge is 2.24. The lowest BCUT2D eigenvalue weighted by Crippen LogP contribution is -2.39. The number of ether oxygens (including phenoxy) is 1. The van der Waals surface area contributed by atoms with Crippen LogP contribution in [0.15, 0.2) is 54.6 Å². The van der Waals surface area contributed by atoms with E-state index in [1.807, 2.05) is 37.3 Å². The number of aliphatic hydroxyl groups excluding tert-OH is 1. The fourth-order valence-corrected chi connectivity index (χ4v) is 2.46. The van der Waals surface area contributed by atoms with E-state index in [2.05, 4.69) is 5.32 Å². The molecule has 1 amide bonds.